The molecule has 2 aromatic rings. The molecule has 27 heavy (non-hydrogen) atoms. The standard InChI is InChI=1S/C21H23N3O2S/c1-4-24-20(26)18(27-21(24)23-16-8-6-5-7-9-16)13-19(25)22-17-11-10-14(2)15(3)12-17/h5-12,18H,4,13H2,1-3H3,(H,22,25)/t18-/m0/s1. The number of benzene rings is 2. The zero-order valence-corrected chi connectivity index (χ0v) is 16.5. The number of carbonyl (C=O) groups is 2. The minimum Gasteiger partial charge on any atom is -0.326 e. The van der Waals surface area contributed by atoms with Crippen LogP contribution in [0.4, 0.5) is 11.4 Å². The number of anilines is 1. The van der Waals surface area contributed by atoms with E-state index in [1.165, 1.54) is 17.3 Å². The Balaban J connectivity index is 1.69. The molecule has 0 spiro atoms. The number of aryl methyl sites for hydroxylation is 2. The summed E-state index contributed by atoms with van der Waals surface area (Å²) in [7, 11) is 0. The minimum absolute atomic E-state index is 0.0626. The van der Waals surface area contributed by atoms with Crippen molar-refractivity contribution in [3.8, 4) is 0 Å². The molecule has 0 unspecified atom stereocenters. The summed E-state index contributed by atoms with van der Waals surface area (Å²) >= 11 is 1.36. The molecule has 1 aliphatic heterocycles. The minimum atomic E-state index is -0.445. The van der Waals surface area contributed by atoms with Crippen LogP contribution in [0.15, 0.2) is 53.5 Å². The molecule has 0 aliphatic carbocycles. The van der Waals surface area contributed by atoms with Gasteiger partial charge in [0, 0.05) is 18.7 Å². The predicted molar refractivity (Wildman–Crippen MR) is 111 cm³/mol. The van der Waals surface area contributed by atoms with Crippen molar-refractivity contribution >= 4 is 40.1 Å². The summed E-state index contributed by atoms with van der Waals surface area (Å²) < 4.78 is 0. The first-order chi connectivity index (χ1) is 13.0. The van der Waals surface area contributed by atoms with Crippen molar-refractivity contribution in [1.82, 2.24) is 4.90 Å². The number of rotatable bonds is 5. The van der Waals surface area contributed by atoms with Crippen LogP contribution in [0.1, 0.15) is 24.5 Å². The molecule has 5 nitrogen and oxygen atoms in total. The van der Waals surface area contributed by atoms with E-state index in [-0.39, 0.29) is 18.2 Å². The lowest BCUT2D eigenvalue weighted by atomic mass is 10.1. The third kappa shape index (κ3) is 4.57. The predicted octanol–water partition coefficient (Wildman–Crippen LogP) is 4.28. The van der Waals surface area contributed by atoms with Crippen LogP contribution >= 0.6 is 11.8 Å². The Bertz CT molecular complexity index is 880. The summed E-state index contributed by atoms with van der Waals surface area (Å²) in [6.07, 6.45) is 0.126. The highest BCUT2D eigenvalue weighted by atomic mass is 32.2. The third-order valence-corrected chi connectivity index (χ3v) is 5.65. The van der Waals surface area contributed by atoms with Crippen molar-refractivity contribution in [2.75, 3.05) is 11.9 Å². The number of nitrogens with zero attached hydrogens (tertiary/aromatic N) is 2. The lowest BCUT2D eigenvalue weighted by Crippen LogP contribution is -2.33. The first-order valence-electron chi connectivity index (χ1n) is 8.97. The Morgan fingerprint density at radius 1 is 1.15 bits per heavy atom. The number of hydrogen-bond acceptors (Lipinski definition) is 4. The molecule has 2 aromatic carbocycles. The van der Waals surface area contributed by atoms with Crippen LogP contribution in [0, 0.1) is 13.8 Å². The second-order valence-electron chi connectivity index (χ2n) is 6.47. The molecule has 0 radical (unpaired) electrons. The molecule has 140 valence electrons. The van der Waals surface area contributed by atoms with Gasteiger partial charge in [0.1, 0.15) is 5.25 Å². The summed E-state index contributed by atoms with van der Waals surface area (Å²) in [6.45, 7) is 6.48. The van der Waals surface area contributed by atoms with Gasteiger partial charge in [-0.2, -0.15) is 0 Å². The maximum atomic E-state index is 12.7. The topological polar surface area (TPSA) is 61.8 Å². The van der Waals surface area contributed by atoms with Crippen LogP contribution in [0.2, 0.25) is 0 Å². The van der Waals surface area contributed by atoms with Gasteiger partial charge >= 0.3 is 0 Å². The van der Waals surface area contributed by atoms with E-state index < -0.39 is 5.25 Å². The normalized spacial score (nSPS) is 18.2. The van der Waals surface area contributed by atoms with E-state index in [9.17, 15) is 9.59 Å². The van der Waals surface area contributed by atoms with E-state index in [2.05, 4.69) is 10.3 Å². The average Bonchev–Trinajstić information content (AvgIpc) is 2.93. The molecule has 1 heterocycles. The van der Waals surface area contributed by atoms with E-state index in [4.69, 9.17) is 0 Å². The number of amidine groups is 1. The van der Waals surface area contributed by atoms with Crippen molar-refractivity contribution in [3.63, 3.8) is 0 Å². The van der Waals surface area contributed by atoms with Crippen LogP contribution in [0.3, 0.4) is 0 Å². The monoisotopic (exact) mass is 381 g/mol. The molecule has 1 saturated heterocycles. The SMILES string of the molecule is CCN1C(=O)[C@H](CC(=O)Nc2ccc(C)c(C)c2)SC1=Nc1ccccc1. The molecule has 3 rings (SSSR count). The Morgan fingerprint density at radius 3 is 2.56 bits per heavy atom. The van der Waals surface area contributed by atoms with E-state index in [1.54, 1.807) is 4.90 Å². The van der Waals surface area contributed by atoms with Crippen LogP contribution < -0.4 is 5.32 Å². The lowest BCUT2D eigenvalue weighted by Gasteiger charge is -2.13. The van der Waals surface area contributed by atoms with Crippen LogP contribution in [-0.4, -0.2) is 33.7 Å². The fraction of sp³-hybridized carbons (Fsp3) is 0.286. The van der Waals surface area contributed by atoms with Gasteiger partial charge in [0.2, 0.25) is 11.8 Å². The van der Waals surface area contributed by atoms with Crippen LogP contribution in [0.5, 0.6) is 0 Å². The van der Waals surface area contributed by atoms with Crippen molar-refractivity contribution in [2.45, 2.75) is 32.4 Å². The highest BCUT2D eigenvalue weighted by molar-refractivity contribution is 8.15. The second-order valence-corrected chi connectivity index (χ2v) is 7.64. The molecular formula is C21H23N3O2S. The van der Waals surface area contributed by atoms with Crippen LogP contribution in [0.25, 0.3) is 0 Å². The Morgan fingerprint density at radius 2 is 1.89 bits per heavy atom. The van der Waals surface area contributed by atoms with Gasteiger partial charge in [-0.1, -0.05) is 36.0 Å². The van der Waals surface area contributed by atoms with Gasteiger partial charge < -0.3 is 5.32 Å². The first-order valence-corrected chi connectivity index (χ1v) is 9.84. The van der Waals surface area contributed by atoms with E-state index >= 15 is 0 Å². The van der Waals surface area contributed by atoms with Crippen molar-refractivity contribution < 1.29 is 9.59 Å². The Kier molecular flexibility index (Phi) is 5.96. The summed E-state index contributed by atoms with van der Waals surface area (Å²) in [4.78, 5) is 31.3. The van der Waals surface area contributed by atoms with Crippen LogP contribution in [-0.2, 0) is 9.59 Å². The van der Waals surface area contributed by atoms with Gasteiger partial charge in [0.25, 0.3) is 0 Å². The average molecular weight is 382 g/mol. The highest BCUT2D eigenvalue weighted by Gasteiger charge is 2.38. The maximum Gasteiger partial charge on any atom is 0.242 e. The number of amides is 2. The zero-order chi connectivity index (χ0) is 19.4. The van der Waals surface area contributed by atoms with Gasteiger partial charge in [-0.25, -0.2) is 4.99 Å². The summed E-state index contributed by atoms with van der Waals surface area (Å²) in [6, 6.07) is 15.3. The van der Waals surface area contributed by atoms with Gasteiger partial charge in [0.05, 0.1) is 5.69 Å². The van der Waals surface area contributed by atoms with E-state index in [1.807, 2.05) is 69.3 Å². The molecule has 0 aromatic heterocycles. The van der Waals surface area contributed by atoms with Crippen molar-refractivity contribution in [3.05, 3.63) is 59.7 Å². The van der Waals surface area contributed by atoms with Gasteiger partial charge in [0.15, 0.2) is 5.17 Å². The molecule has 1 atom stereocenters. The number of thioether (sulfide) groups is 1. The van der Waals surface area contributed by atoms with Gasteiger partial charge in [-0.05, 0) is 56.2 Å². The number of carbonyl (C=O) groups excluding carboxylic acids is 2. The Labute approximate surface area is 163 Å². The third-order valence-electron chi connectivity index (χ3n) is 4.48. The fourth-order valence-corrected chi connectivity index (χ4v) is 4.05. The fourth-order valence-electron chi connectivity index (χ4n) is 2.83. The first kappa shape index (κ1) is 19.2. The summed E-state index contributed by atoms with van der Waals surface area (Å²) in [5, 5.41) is 3.10. The lowest BCUT2D eigenvalue weighted by molar-refractivity contribution is -0.128. The number of hydrogen-bond donors (Lipinski definition) is 1. The molecule has 2 amide bonds. The van der Waals surface area contributed by atoms with Crippen molar-refractivity contribution in [1.29, 1.82) is 0 Å². The van der Waals surface area contributed by atoms with Gasteiger partial charge in [-0.3, -0.25) is 14.5 Å². The van der Waals surface area contributed by atoms with E-state index in [0.717, 1.165) is 16.9 Å². The maximum absolute atomic E-state index is 12.7. The molecule has 1 N–H and O–H groups in total. The van der Waals surface area contributed by atoms with Crippen molar-refractivity contribution in [2.24, 2.45) is 4.99 Å². The van der Waals surface area contributed by atoms with Gasteiger partial charge in [-0.15, -0.1) is 0 Å². The smallest absolute Gasteiger partial charge is 0.242 e. The molecule has 0 saturated carbocycles. The number of aliphatic imine (C=N–C) groups is 1. The quantitative estimate of drug-likeness (QED) is 0.841. The molecule has 6 heteroatoms. The summed E-state index contributed by atoms with van der Waals surface area (Å²) in [5.41, 5.74) is 3.85. The number of para-hydroxylation sites is 1. The zero-order valence-electron chi connectivity index (χ0n) is 15.7. The Hall–Kier alpha value is -2.60. The number of nitrogens with one attached hydrogen (secondary N) is 1. The molecule has 1 fully saturated rings. The second kappa shape index (κ2) is 8.39. The highest BCUT2D eigenvalue weighted by Crippen LogP contribution is 2.31. The molecule has 0 bridgehead atoms. The van der Waals surface area contributed by atoms with E-state index in [0.29, 0.717) is 11.7 Å². The summed E-state index contributed by atoms with van der Waals surface area (Å²) in [5.74, 6) is -0.228. The molecular weight excluding hydrogens is 358 g/mol. The molecule has 1 aliphatic rings. The largest absolute Gasteiger partial charge is 0.326 e.